The van der Waals surface area contributed by atoms with Gasteiger partial charge in [0.25, 0.3) is 0 Å². The van der Waals surface area contributed by atoms with E-state index in [1.807, 2.05) is 12.3 Å². The number of carbonyl (C=O) groups is 1. The summed E-state index contributed by atoms with van der Waals surface area (Å²) in [4.78, 5) is 25.7. The molecule has 3 heterocycles. The van der Waals surface area contributed by atoms with Gasteiger partial charge in [0.15, 0.2) is 0 Å². The predicted octanol–water partition coefficient (Wildman–Crippen LogP) is 3.08. The molecule has 0 saturated carbocycles. The fourth-order valence-electron chi connectivity index (χ4n) is 4.00. The fourth-order valence-corrected chi connectivity index (χ4v) is 4.00. The van der Waals surface area contributed by atoms with Crippen LogP contribution in [0.25, 0.3) is 0 Å². The van der Waals surface area contributed by atoms with Crippen molar-refractivity contribution in [2.75, 3.05) is 49.5 Å². The number of aromatic nitrogens is 2. The fraction of sp³-hybridized carbons (Fsp3) is 0.762. The lowest BCUT2D eigenvalue weighted by Crippen LogP contribution is -2.39. The van der Waals surface area contributed by atoms with Gasteiger partial charge in [0.2, 0.25) is 5.95 Å². The van der Waals surface area contributed by atoms with Crippen LogP contribution in [0.2, 0.25) is 0 Å². The van der Waals surface area contributed by atoms with Crippen molar-refractivity contribution in [1.29, 1.82) is 0 Å². The second-order valence-electron chi connectivity index (χ2n) is 7.86. The molecule has 7 nitrogen and oxygen atoms in total. The van der Waals surface area contributed by atoms with Crippen LogP contribution in [0.3, 0.4) is 0 Å². The zero-order valence-corrected chi connectivity index (χ0v) is 17.2. The van der Waals surface area contributed by atoms with Gasteiger partial charge >= 0.3 is 5.97 Å². The number of nitrogens with one attached hydrogen (secondary N) is 1. The van der Waals surface area contributed by atoms with E-state index in [9.17, 15) is 4.79 Å². The molecule has 7 heteroatoms. The largest absolute Gasteiger partial charge is 0.465 e. The van der Waals surface area contributed by atoms with E-state index in [4.69, 9.17) is 9.72 Å². The Balaban J connectivity index is 1.48. The highest BCUT2D eigenvalue weighted by Gasteiger charge is 2.26. The molecule has 2 aliphatic heterocycles. The lowest BCUT2D eigenvalue weighted by atomic mass is 10.2. The molecule has 2 aliphatic rings. The van der Waals surface area contributed by atoms with Crippen molar-refractivity contribution in [2.45, 2.75) is 64.3 Å². The van der Waals surface area contributed by atoms with Crippen LogP contribution in [0.15, 0.2) is 12.3 Å². The first-order valence-corrected chi connectivity index (χ1v) is 11.0. The zero-order chi connectivity index (χ0) is 19.6. The van der Waals surface area contributed by atoms with Crippen molar-refractivity contribution in [3.63, 3.8) is 0 Å². The van der Waals surface area contributed by atoms with Gasteiger partial charge in [-0.1, -0.05) is 26.2 Å². The minimum absolute atomic E-state index is 0.111. The highest BCUT2D eigenvalue weighted by molar-refractivity contribution is 5.71. The Kier molecular flexibility index (Phi) is 8.33. The summed E-state index contributed by atoms with van der Waals surface area (Å²) >= 11 is 0. The number of rotatable bonds is 9. The Morgan fingerprint density at radius 3 is 2.82 bits per heavy atom. The highest BCUT2D eigenvalue weighted by atomic mass is 16.5. The maximum absolute atomic E-state index is 12.0. The van der Waals surface area contributed by atoms with E-state index in [-0.39, 0.29) is 5.97 Å². The molecule has 1 aromatic heterocycles. The first kappa shape index (κ1) is 20.8. The molecule has 1 unspecified atom stereocenters. The minimum atomic E-state index is -0.111. The highest BCUT2D eigenvalue weighted by Crippen LogP contribution is 2.20. The standard InChI is InChI=1S/C21H35N5O2/c1-2-3-15-28-20(27)17-26-14-8-9-18(26)16-23-21-22-11-10-19(24-21)25-12-6-4-5-7-13-25/h10-11,18H,2-9,12-17H2,1H3,(H,22,23,24). The summed E-state index contributed by atoms with van der Waals surface area (Å²) in [6, 6.07) is 2.33. The van der Waals surface area contributed by atoms with Crippen molar-refractivity contribution < 1.29 is 9.53 Å². The monoisotopic (exact) mass is 389 g/mol. The molecule has 2 fully saturated rings. The van der Waals surface area contributed by atoms with Crippen LogP contribution < -0.4 is 10.2 Å². The summed E-state index contributed by atoms with van der Waals surface area (Å²) in [5.41, 5.74) is 0. The summed E-state index contributed by atoms with van der Waals surface area (Å²) in [7, 11) is 0. The second kappa shape index (κ2) is 11.2. The van der Waals surface area contributed by atoms with Gasteiger partial charge in [-0.15, -0.1) is 0 Å². The quantitative estimate of drug-likeness (QED) is 0.514. The molecule has 1 N–H and O–H groups in total. The third-order valence-electron chi connectivity index (χ3n) is 5.66. The van der Waals surface area contributed by atoms with Crippen LogP contribution in [0.4, 0.5) is 11.8 Å². The molecular formula is C21H35N5O2. The second-order valence-corrected chi connectivity index (χ2v) is 7.86. The Morgan fingerprint density at radius 2 is 2.04 bits per heavy atom. The average Bonchev–Trinajstić information content (AvgIpc) is 2.97. The molecular weight excluding hydrogens is 354 g/mol. The van der Waals surface area contributed by atoms with Crippen molar-refractivity contribution in [1.82, 2.24) is 14.9 Å². The molecule has 0 amide bonds. The molecule has 0 spiro atoms. The smallest absolute Gasteiger partial charge is 0.320 e. The molecule has 1 atom stereocenters. The summed E-state index contributed by atoms with van der Waals surface area (Å²) in [5.74, 6) is 1.58. The van der Waals surface area contributed by atoms with Crippen molar-refractivity contribution in [3.8, 4) is 0 Å². The summed E-state index contributed by atoms with van der Waals surface area (Å²) in [5, 5.41) is 3.39. The topological polar surface area (TPSA) is 70.6 Å². The Morgan fingerprint density at radius 1 is 1.21 bits per heavy atom. The Hall–Kier alpha value is -1.89. The van der Waals surface area contributed by atoms with Gasteiger partial charge in [-0.3, -0.25) is 9.69 Å². The molecule has 28 heavy (non-hydrogen) atoms. The van der Waals surface area contributed by atoms with Crippen molar-refractivity contribution in [3.05, 3.63) is 12.3 Å². The number of hydrogen-bond donors (Lipinski definition) is 1. The van der Waals surface area contributed by atoms with E-state index in [1.165, 1.54) is 25.7 Å². The van der Waals surface area contributed by atoms with Crippen molar-refractivity contribution in [2.24, 2.45) is 0 Å². The van der Waals surface area contributed by atoms with E-state index in [0.29, 0.717) is 25.1 Å². The van der Waals surface area contributed by atoms with Crippen LogP contribution in [0.5, 0.6) is 0 Å². The maximum atomic E-state index is 12.0. The van der Waals surface area contributed by atoms with Crippen molar-refractivity contribution >= 4 is 17.7 Å². The summed E-state index contributed by atoms with van der Waals surface area (Å²) in [6.45, 7) is 6.86. The van der Waals surface area contributed by atoms with Crippen LogP contribution in [0.1, 0.15) is 58.3 Å². The van der Waals surface area contributed by atoms with Gasteiger partial charge in [0.05, 0.1) is 13.2 Å². The molecule has 3 rings (SSSR count). The zero-order valence-electron chi connectivity index (χ0n) is 17.2. The number of esters is 1. The number of unbranched alkanes of at least 4 members (excludes halogenated alkanes) is 1. The lowest BCUT2D eigenvalue weighted by molar-refractivity contribution is -0.145. The lowest BCUT2D eigenvalue weighted by Gasteiger charge is -2.24. The molecule has 2 saturated heterocycles. The predicted molar refractivity (Wildman–Crippen MR) is 112 cm³/mol. The van der Waals surface area contributed by atoms with Gasteiger partial charge in [0, 0.05) is 31.9 Å². The van der Waals surface area contributed by atoms with Crippen LogP contribution in [-0.2, 0) is 9.53 Å². The minimum Gasteiger partial charge on any atom is -0.465 e. The van der Waals surface area contributed by atoms with Crippen LogP contribution in [0, 0.1) is 0 Å². The van der Waals surface area contributed by atoms with E-state index in [1.54, 1.807) is 0 Å². The van der Waals surface area contributed by atoms with E-state index < -0.39 is 0 Å². The Bertz CT molecular complexity index is 604. The van der Waals surface area contributed by atoms with Gasteiger partial charge in [0.1, 0.15) is 5.82 Å². The third-order valence-corrected chi connectivity index (χ3v) is 5.66. The summed E-state index contributed by atoms with van der Waals surface area (Å²) < 4.78 is 5.32. The molecule has 0 bridgehead atoms. The molecule has 0 aliphatic carbocycles. The molecule has 156 valence electrons. The van der Waals surface area contributed by atoms with Crippen LogP contribution in [-0.4, -0.2) is 66.2 Å². The number of anilines is 2. The SMILES string of the molecule is CCCCOC(=O)CN1CCCC1CNc1nccc(N2CCCCCC2)n1. The average molecular weight is 390 g/mol. The number of likely N-dealkylation sites (tertiary alicyclic amines) is 1. The maximum Gasteiger partial charge on any atom is 0.320 e. The number of nitrogens with zero attached hydrogens (tertiary/aromatic N) is 4. The first-order chi connectivity index (χ1) is 13.8. The molecule has 0 radical (unpaired) electrons. The van der Waals surface area contributed by atoms with E-state index >= 15 is 0 Å². The molecule has 1 aromatic rings. The van der Waals surface area contributed by atoms with E-state index in [2.05, 4.69) is 27.0 Å². The Labute approximate surface area is 168 Å². The molecule has 0 aromatic carbocycles. The normalized spacial score (nSPS) is 20.8. The van der Waals surface area contributed by atoms with Gasteiger partial charge < -0.3 is 15.0 Å². The number of carbonyl (C=O) groups excluding carboxylic acids is 1. The number of ether oxygens (including phenoxy) is 1. The van der Waals surface area contributed by atoms with Crippen LogP contribution >= 0.6 is 0 Å². The van der Waals surface area contributed by atoms with Gasteiger partial charge in [-0.05, 0) is 44.7 Å². The van der Waals surface area contributed by atoms with Gasteiger partial charge in [-0.2, -0.15) is 4.98 Å². The first-order valence-electron chi connectivity index (χ1n) is 11.0. The van der Waals surface area contributed by atoms with E-state index in [0.717, 1.165) is 57.7 Å². The van der Waals surface area contributed by atoms with Gasteiger partial charge in [-0.25, -0.2) is 4.98 Å². The third kappa shape index (κ3) is 6.33. The number of hydrogen-bond acceptors (Lipinski definition) is 7. The summed E-state index contributed by atoms with van der Waals surface area (Å²) in [6.07, 6.45) is 11.1.